The standard InChI is InChI=1S/C28H17N3/c1-2-5-18(6-3-1)19-8-9-20-26(15-19)28(25-7-4-12-31-27(20)25)23-10-13-29-16-21(23)22-17-30-14-11-24(22)28/h1-17H. The van der Waals surface area contributed by atoms with Crippen molar-refractivity contribution in [2.24, 2.45) is 0 Å². The summed E-state index contributed by atoms with van der Waals surface area (Å²) in [6.07, 6.45) is 9.63. The van der Waals surface area contributed by atoms with E-state index in [1.165, 1.54) is 38.9 Å². The summed E-state index contributed by atoms with van der Waals surface area (Å²) in [7, 11) is 0. The molecule has 3 heteroatoms. The summed E-state index contributed by atoms with van der Waals surface area (Å²) >= 11 is 0. The Labute approximate surface area is 180 Å². The van der Waals surface area contributed by atoms with E-state index in [0.29, 0.717) is 0 Å². The first kappa shape index (κ1) is 16.7. The number of hydrogen-bond acceptors (Lipinski definition) is 3. The first-order valence-electron chi connectivity index (χ1n) is 10.4. The minimum Gasteiger partial charge on any atom is -0.264 e. The number of rotatable bonds is 1. The maximum Gasteiger partial charge on any atom is 0.0753 e. The highest BCUT2D eigenvalue weighted by Crippen LogP contribution is 2.62. The van der Waals surface area contributed by atoms with Crippen LogP contribution in [0.15, 0.2) is 104 Å². The van der Waals surface area contributed by atoms with E-state index >= 15 is 0 Å². The zero-order chi connectivity index (χ0) is 20.4. The molecule has 3 nitrogen and oxygen atoms in total. The molecule has 0 atom stereocenters. The molecule has 0 radical (unpaired) electrons. The van der Waals surface area contributed by atoms with E-state index in [1.807, 2.05) is 37.1 Å². The van der Waals surface area contributed by atoms with E-state index in [2.05, 4.69) is 76.7 Å². The van der Waals surface area contributed by atoms with Gasteiger partial charge < -0.3 is 0 Å². The van der Waals surface area contributed by atoms with Crippen LogP contribution >= 0.6 is 0 Å². The van der Waals surface area contributed by atoms with E-state index in [-0.39, 0.29) is 0 Å². The molecule has 144 valence electrons. The summed E-state index contributed by atoms with van der Waals surface area (Å²) in [6.45, 7) is 0. The van der Waals surface area contributed by atoms with Crippen molar-refractivity contribution in [1.29, 1.82) is 0 Å². The quantitative estimate of drug-likeness (QED) is 0.348. The minimum absolute atomic E-state index is 0.403. The molecule has 2 aromatic carbocycles. The Bertz CT molecular complexity index is 1420. The monoisotopic (exact) mass is 395 g/mol. The molecule has 0 aliphatic heterocycles. The molecule has 5 aromatic rings. The summed E-state index contributed by atoms with van der Waals surface area (Å²) in [5, 5.41) is 0. The third-order valence-electron chi connectivity index (χ3n) is 6.74. The third kappa shape index (κ3) is 2.00. The molecule has 2 aliphatic rings. The van der Waals surface area contributed by atoms with Crippen molar-refractivity contribution in [2.45, 2.75) is 5.41 Å². The van der Waals surface area contributed by atoms with Crippen molar-refractivity contribution in [2.75, 3.05) is 0 Å². The Hall–Kier alpha value is -4.11. The van der Waals surface area contributed by atoms with E-state index < -0.39 is 5.41 Å². The molecule has 0 N–H and O–H groups in total. The molecule has 0 unspecified atom stereocenters. The fourth-order valence-electron chi connectivity index (χ4n) is 5.54. The second kappa shape index (κ2) is 5.96. The van der Waals surface area contributed by atoms with Crippen LogP contribution in [-0.2, 0) is 5.41 Å². The lowest BCUT2D eigenvalue weighted by atomic mass is 9.71. The van der Waals surface area contributed by atoms with E-state index in [9.17, 15) is 0 Å². The van der Waals surface area contributed by atoms with Crippen LogP contribution < -0.4 is 0 Å². The summed E-state index contributed by atoms with van der Waals surface area (Å²) in [4.78, 5) is 13.7. The van der Waals surface area contributed by atoms with E-state index in [1.54, 1.807) is 0 Å². The van der Waals surface area contributed by atoms with Crippen molar-refractivity contribution in [3.63, 3.8) is 0 Å². The second-order valence-electron chi connectivity index (χ2n) is 8.12. The summed E-state index contributed by atoms with van der Waals surface area (Å²) in [5.41, 5.74) is 11.6. The summed E-state index contributed by atoms with van der Waals surface area (Å²) in [5.74, 6) is 0. The van der Waals surface area contributed by atoms with Gasteiger partial charge in [0, 0.05) is 47.7 Å². The van der Waals surface area contributed by atoms with Gasteiger partial charge in [-0.25, -0.2) is 0 Å². The van der Waals surface area contributed by atoms with Gasteiger partial charge in [0.05, 0.1) is 11.1 Å². The normalized spacial score (nSPS) is 14.1. The predicted octanol–water partition coefficient (Wildman–Crippen LogP) is 5.88. The van der Waals surface area contributed by atoms with Gasteiger partial charge in [-0.1, -0.05) is 48.5 Å². The molecule has 2 aliphatic carbocycles. The molecule has 0 saturated heterocycles. The van der Waals surface area contributed by atoms with Gasteiger partial charge in [0.25, 0.3) is 0 Å². The van der Waals surface area contributed by atoms with Crippen LogP contribution in [-0.4, -0.2) is 15.0 Å². The van der Waals surface area contributed by atoms with E-state index in [0.717, 1.165) is 16.8 Å². The Morgan fingerprint density at radius 3 is 2.00 bits per heavy atom. The van der Waals surface area contributed by atoms with Crippen molar-refractivity contribution in [3.05, 3.63) is 126 Å². The maximum absolute atomic E-state index is 4.84. The van der Waals surface area contributed by atoms with Crippen molar-refractivity contribution in [1.82, 2.24) is 15.0 Å². The summed E-state index contributed by atoms with van der Waals surface area (Å²) in [6, 6.07) is 26.0. The molecular weight excluding hydrogens is 378 g/mol. The average Bonchev–Trinajstić information content (AvgIpc) is 3.32. The van der Waals surface area contributed by atoms with Gasteiger partial charge in [-0.05, 0) is 57.6 Å². The van der Waals surface area contributed by atoms with Crippen LogP contribution in [0.5, 0.6) is 0 Å². The molecule has 3 aromatic heterocycles. The number of benzene rings is 2. The number of hydrogen-bond donors (Lipinski definition) is 0. The Kier molecular flexibility index (Phi) is 3.20. The molecule has 1 spiro atoms. The Morgan fingerprint density at radius 2 is 1.26 bits per heavy atom. The second-order valence-corrected chi connectivity index (χ2v) is 8.12. The number of fused-ring (bicyclic) bond motifs is 10. The fourth-order valence-corrected chi connectivity index (χ4v) is 5.54. The third-order valence-corrected chi connectivity index (χ3v) is 6.74. The highest BCUT2D eigenvalue weighted by atomic mass is 14.7. The lowest BCUT2D eigenvalue weighted by Gasteiger charge is -2.30. The first-order valence-corrected chi connectivity index (χ1v) is 10.4. The molecule has 3 heterocycles. The van der Waals surface area contributed by atoms with Gasteiger partial charge >= 0.3 is 0 Å². The minimum atomic E-state index is -0.403. The zero-order valence-corrected chi connectivity index (χ0v) is 16.7. The number of pyridine rings is 3. The Balaban J connectivity index is 1.64. The molecule has 0 bridgehead atoms. The van der Waals surface area contributed by atoms with Crippen LogP contribution in [0.4, 0.5) is 0 Å². The highest BCUT2D eigenvalue weighted by molar-refractivity contribution is 5.94. The largest absolute Gasteiger partial charge is 0.264 e. The average molecular weight is 395 g/mol. The van der Waals surface area contributed by atoms with Crippen molar-refractivity contribution in [3.8, 4) is 33.5 Å². The lowest BCUT2D eigenvalue weighted by Crippen LogP contribution is -2.26. The molecule has 0 amide bonds. The smallest absolute Gasteiger partial charge is 0.0753 e. The van der Waals surface area contributed by atoms with Gasteiger partial charge in [0.15, 0.2) is 0 Å². The van der Waals surface area contributed by atoms with E-state index in [4.69, 9.17) is 4.98 Å². The van der Waals surface area contributed by atoms with Crippen LogP contribution in [0.3, 0.4) is 0 Å². The van der Waals surface area contributed by atoms with Crippen molar-refractivity contribution >= 4 is 0 Å². The number of aromatic nitrogens is 3. The Morgan fingerprint density at radius 1 is 0.516 bits per heavy atom. The van der Waals surface area contributed by atoms with Crippen LogP contribution in [0.25, 0.3) is 33.5 Å². The summed E-state index contributed by atoms with van der Waals surface area (Å²) < 4.78 is 0. The molecule has 0 saturated carbocycles. The topological polar surface area (TPSA) is 38.7 Å². The predicted molar refractivity (Wildman–Crippen MR) is 122 cm³/mol. The van der Waals surface area contributed by atoms with Crippen LogP contribution in [0.1, 0.15) is 22.3 Å². The molecular formula is C28H17N3. The van der Waals surface area contributed by atoms with Gasteiger partial charge in [-0.15, -0.1) is 0 Å². The SMILES string of the molecule is c1ccc(-c2ccc3c(c2)C2(c4ccncc4-c4cnccc42)c2cccnc2-3)cc1. The van der Waals surface area contributed by atoms with Gasteiger partial charge in [-0.2, -0.15) is 0 Å². The fraction of sp³-hybridized carbons (Fsp3) is 0.0357. The maximum atomic E-state index is 4.84. The number of nitrogens with zero attached hydrogens (tertiary/aromatic N) is 3. The van der Waals surface area contributed by atoms with Gasteiger partial charge in [0.1, 0.15) is 0 Å². The lowest BCUT2D eigenvalue weighted by molar-refractivity contribution is 0.789. The van der Waals surface area contributed by atoms with Crippen LogP contribution in [0, 0.1) is 0 Å². The van der Waals surface area contributed by atoms with Crippen LogP contribution in [0.2, 0.25) is 0 Å². The zero-order valence-electron chi connectivity index (χ0n) is 16.7. The first-order chi connectivity index (χ1) is 15.4. The van der Waals surface area contributed by atoms with Crippen molar-refractivity contribution < 1.29 is 0 Å². The molecule has 7 rings (SSSR count). The van der Waals surface area contributed by atoms with Gasteiger partial charge in [0.2, 0.25) is 0 Å². The molecule has 31 heavy (non-hydrogen) atoms. The van der Waals surface area contributed by atoms with Gasteiger partial charge in [-0.3, -0.25) is 15.0 Å². The highest BCUT2D eigenvalue weighted by Gasteiger charge is 2.52. The molecule has 0 fully saturated rings.